The molecular formula is C24H53FO2Si. The van der Waals surface area contributed by atoms with E-state index in [1.807, 2.05) is 0 Å². The van der Waals surface area contributed by atoms with Crippen molar-refractivity contribution in [1.82, 2.24) is 0 Å². The second-order valence-electron chi connectivity index (χ2n) is 8.28. The second kappa shape index (κ2) is 25.1. The first kappa shape index (κ1) is 30.3. The maximum absolute atomic E-state index is 11.7. The quantitative estimate of drug-likeness (QED) is 0.144. The van der Waals surface area contributed by atoms with Crippen LogP contribution in [-0.4, -0.2) is 29.5 Å². The van der Waals surface area contributed by atoms with Gasteiger partial charge < -0.3 is 8.85 Å². The highest BCUT2D eigenvalue weighted by molar-refractivity contribution is 6.65. The van der Waals surface area contributed by atoms with Gasteiger partial charge in [-0.1, -0.05) is 117 Å². The van der Waals surface area contributed by atoms with Crippen molar-refractivity contribution in [2.75, 3.05) is 20.9 Å². The van der Waals surface area contributed by atoms with E-state index in [1.165, 1.54) is 96.3 Å². The predicted octanol–water partition coefficient (Wildman–Crippen LogP) is 8.98. The van der Waals surface area contributed by atoms with Crippen LogP contribution in [0.4, 0.5) is 4.39 Å². The average Bonchev–Trinajstić information content (AvgIpc) is 2.72. The van der Waals surface area contributed by atoms with Gasteiger partial charge in [0.15, 0.2) is 0 Å². The van der Waals surface area contributed by atoms with Crippen LogP contribution in [0.2, 0.25) is 12.6 Å². The van der Waals surface area contributed by atoms with Crippen molar-refractivity contribution in [1.29, 1.82) is 0 Å². The molecule has 0 aromatic heterocycles. The number of rotatable bonds is 20. The van der Waals surface area contributed by atoms with E-state index >= 15 is 0 Å². The molecule has 0 bridgehead atoms. The summed E-state index contributed by atoms with van der Waals surface area (Å²) in [6.07, 6.45) is 22.2. The highest BCUT2D eigenvalue weighted by Gasteiger charge is 2.27. The molecule has 0 fully saturated rings. The van der Waals surface area contributed by atoms with E-state index < -0.39 is 8.56 Å². The smallest absolute Gasteiger partial charge is 0.334 e. The molecule has 0 spiro atoms. The molecule has 0 aromatic carbocycles. The Morgan fingerprint density at radius 1 is 0.536 bits per heavy atom. The van der Waals surface area contributed by atoms with Crippen LogP contribution >= 0.6 is 0 Å². The standard InChI is InChI=1S/C13H27F.C11H26O2Si/c1-2-3-4-5-6-7-8-9-10-11-12-13-14;1-5-6-7-8-9-10-11-14(4,12-2)13-3/h2-13H2,1H3;5-11H2,1-4H3. The summed E-state index contributed by atoms with van der Waals surface area (Å²) in [5.74, 6) is 0. The summed E-state index contributed by atoms with van der Waals surface area (Å²) in [4.78, 5) is 0. The maximum atomic E-state index is 11.7. The molecule has 0 aromatic rings. The van der Waals surface area contributed by atoms with Crippen LogP contribution in [0.1, 0.15) is 123 Å². The molecule has 0 radical (unpaired) electrons. The van der Waals surface area contributed by atoms with Gasteiger partial charge >= 0.3 is 8.56 Å². The number of hydrogen-bond donors (Lipinski definition) is 0. The van der Waals surface area contributed by atoms with Crippen molar-refractivity contribution in [3.63, 3.8) is 0 Å². The lowest BCUT2D eigenvalue weighted by atomic mass is 10.1. The lowest BCUT2D eigenvalue weighted by Gasteiger charge is -2.22. The molecule has 0 rings (SSSR count). The number of hydrogen-bond acceptors (Lipinski definition) is 2. The van der Waals surface area contributed by atoms with E-state index in [-0.39, 0.29) is 6.67 Å². The highest BCUT2D eigenvalue weighted by Crippen LogP contribution is 2.17. The minimum Gasteiger partial charge on any atom is -0.398 e. The largest absolute Gasteiger partial charge is 0.398 e. The number of unbranched alkanes of at least 4 members (excludes halogenated alkanes) is 15. The molecule has 4 heteroatoms. The number of alkyl halides is 1. The highest BCUT2D eigenvalue weighted by atomic mass is 28.4. The van der Waals surface area contributed by atoms with Crippen LogP contribution in [0.15, 0.2) is 0 Å². The van der Waals surface area contributed by atoms with Crippen LogP contribution in [0.5, 0.6) is 0 Å². The molecule has 0 atom stereocenters. The van der Waals surface area contributed by atoms with Crippen LogP contribution < -0.4 is 0 Å². The van der Waals surface area contributed by atoms with Crippen LogP contribution in [0, 0.1) is 0 Å². The lowest BCUT2D eigenvalue weighted by molar-refractivity contribution is 0.248. The van der Waals surface area contributed by atoms with Gasteiger partial charge in [-0.2, -0.15) is 0 Å². The Morgan fingerprint density at radius 3 is 1.18 bits per heavy atom. The Kier molecular flexibility index (Phi) is 27.1. The summed E-state index contributed by atoms with van der Waals surface area (Å²) in [6.45, 7) is 6.51. The fraction of sp³-hybridized carbons (Fsp3) is 1.00. The zero-order valence-corrected chi connectivity index (χ0v) is 21.1. The Bertz CT molecular complexity index is 261. The minimum atomic E-state index is -1.77. The molecule has 0 aliphatic heterocycles. The first-order valence-corrected chi connectivity index (χ1v) is 14.8. The van der Waals surface area contributed by atoms with Crippen LogP contribution in [0.3, 0.4) is 0 Å². The molecule has 28 heavy (non-hydrogen) atoms. The van der Waals surface area contributed by atoms with Crippen molar-refractivity contribution >= 4 is 8.56 Å². The summed E-state index contributed by atoms with van der Waals surface area (Å²) in [7, 11) is 1.78. The Hall–Kier alpha value is 0.0669. The monoisotopic (exact) mass is 420 g/mol. The first-order chi connectivity index (χ1) is 13.6. The van der Waals surface area contributed by atoms with E-state index in [4.69, 9.17) is 8.85 Å². The van der Waals surface area contributed by atoms with Crippen molar-refractivity contribution in [3.8, 4) is 0 Å². The van der Waals surface area contributed by atoms with E-state index in [0.717, 1.165) is 18.9 Å². The maximum Gasteiger partial charge on any atom is 0.334 e. The summed E-state index contributed by atoms with van der Waals surface area (Å²) in [5, 5.41) is 0. The van der Waals surface area contributed by atoms with Gasteiger partial charge in [0, 0.05) is 14.2 Å². The molecule has 0 unspecified atom stereocenters. The fourth-order valence-corrected chi connectivity index (χ4v) is 4.74. The van der Waals surface area contributed by atoms with E-state index in [1.54, 1.807) is 14.2 Å². The third kappa shape index (κ3) is 24.1. The minimum absolute atomic E-state index is 0.128. The van der Waals surface area contributed by atoms with Crippen molar-refractivity contribution < 1.29 is 13.2 Å². The van der Waals surface area contributed by atoms with Crippen LogP contribution in [-0.2, 0) is 8.85 Å². The normalized spacial score (nSPS) is 11.4. The lowest BCUT2D eigenvalue weighted by Crippen LogP contribution is -2.35. The molecule has 0 aliphatic rings. The van der Waals surface area contributed by atoms with Crippen molar-refractivity contribution in [2.24, 2.45) is 0 Å². The Morgan fingerprint density at radius 2 is 0.857 bits per heavy atom. The van der Waals surface area contributed by atoms with Gasteiger partial charge in [0.05, 0.1) is 6.67 Å². The SMILES string of the molecule is CCCCCCCCCCCCCF.CCCCCCCC[Si](C)(OC)OC. The zero-order valence-electron chi connectivity index (χ0n) is 20.1. The second-order valence-corrected chi connectivity index (χ2v) is 11.9. The topological polar surface area (TPSA) is 18.5 Å². The fourth-order valence-electron chi connectivity index (χ4n) is 3.27. The predicted molar refractivity (Wildman–Crippen MR) is 126 cm³/mol. The molecule has 0 saturated heterocycles. The van der Waals surface area contributed by atoms with E-state index in [0.29, 0.717) is 0 Å². The third-order valence-electron chi connectivity index (χ3n) is 5.59. The first-order valence-electron chi connectivity index (χ1n) is 12.3. The van der Waals surface area contributed by atoms with Crippen molar-refractivity contribution in [2.45, 2.75) is 136 Å². The molecule has 0 N–H and O–H groups in total. The van der Waals surface area contributed by atoms with Crippen molar-refractivity contribution in [3.05, 3.63) is 0 Å². The average molecular weight is 421 g/mol. The molecule has 0 saturated carbocycles. The van der Waals surface area contributed by atoms with Gasteiger partial charge in [-0.3, -0.25) is 4.39 Å². The van der Waals surface area contributed by atoms with Crippen LogP contribution in [0.25, 0.3) is 0 Å². The summed E-state index contributed by atoms with van der Waals surface area (Å²) < 4.78 is 22.6. The molecular weight excluding hydrogens is 367 g/mol. The van der Waals surface area contributed by atoms with E-state index in [2.05, 4.69) is 20.4 Å². The Balaban J connectivity index is 0. The van der Waals surface area contributed by atoms with Gasteiger partial charge in [0.2, 0.25) is 0 Å². The van der Waals surface area contributed by atoms with Gasteiger partial charge in [-0.05, 0) is 19.0 Å². The van der Waals surface area contributed by atoms with Gasteiger partial charge in [-0.15, -0.1) is 0 Å². The Labute approximate surface area is 178 Å². The third-order valence-corrected chi connectivity index (χ3v) is 8.57. The van der Waals surface area contributed by atoms with Gasteiger partial charge in [-0.25, -0.2) is 0 Å². The van der Waals surface area contributed by atoms with E-state index in [9.17, 15) is 4.39 Å². The van der Waals surface area contributed by atoms with Gasteiger partial charge in [0.25, 0.3) is 0 Å². The summed E-state index contributed by atoms with van der Waals surface area (Å²) >= 11 is 0. The number of halogens is 1. The zero-order chi connectivity index (χ0) is 21.3. The molecule has 0 heterocycles. The summed E-state index contributed by atoms with van der Waals surface area (Å²) in [5.41, 5.74) is 0. The summed E-state index contributed by atoms with van der Waals surface area (Å²) in [6, 6.07) is 1.13. The molecule has 0 amide bonds. The van der Waals surface area contributed by atoms with Gasteiger partial charge in [0.1, 0.15) is 0 Å². The molecule has 172 valence electrons. The molecule has 2 nitrogen and oxygen atoms in total. The molecule has 0 aliphatic carbocycles.